The molecule has 5 unspecified atom stereocenters. The van der Waals surface area contributed by atoms with Crippen molar-refractivity contribution in [3.05, 3.63) is 52.1 Å². The molecule has 0 aromatic heterocycles. The summed E-state index contributed by atoms with van der Waals surface area (Å²) in [6, 6.07) is 0. The van der Waals surface area contributed by atoms with Crippen molar-refractivity contribution >= 4 is 5.57 Å². The van der Waals surface area contributed by atoms with Crippen molar-refractivity contribution in [1.82, 2.24) is 0 Å². The van der Waals surface area contributed by atoms with Crippen LogP contribution < -0.4 is 4.74 Å². The van der Waals surface area contributed by atoms with Gasteiger partial charge in [-0.15, -0.1) is 0 Å². The standard InChI is InChI=1S/C38H54O3/c1-24(9-5-11-26(3)39)10-6-16-31(33-19-25(33)2)20-29-22-38(23-29)18-17-32-27(4)36(40)35(30-14-8-15-30)34(37(32)41-38)21-28-12-7-13-28/h8,14-15,22,24-26,28,31,33,39-40H,5-7,9-13,16-21,23H2,1-4H3/t24?,25-,26?,31?,33?,38?/m0/s1. The molecule has 2 fully saturated rings. The molecule has 1 aliphatic heterocycles. The number of aromatic hydroxyl groups is 1. The van der Waals surface area contributed by atoms with Crippen molar-refractivity contribution in [2.45, 2.75) is 136 Å². The summed E-state index contributed by atoms with van der Waals surface area (Å²) in [6.45, 7) is 8.84. The molecule has 224 valence electrons. The number of phenols is 1. The molecule has 1 spiro atoms. The third-order valence-electron chi connectivity index (χ3n) is 11.4. The molecule has 1 heterocycles. The lowest BCUT2D eigenvalue weighted by molar-refractivity contribution is 0.0693. The molecule has 4 aliphatic carbocycles. The SMILES string of the molecule is Cc1c(O)c(C2=CC=C2)c(CC2CCC2)c2c1CCC1(C=C(CC(CCCC(C)CCCC(C)O)C3C[C@@H]3C)C1)O2. The molecule has 0 radical (unpaired) electrons. The predicted molar refractivity (Wildman–Crippen MR) is 169 cm³/mol. The summed E-state index contributed by atoms with van der Waals surface area (Å²) in [6.07, 6.45) is 26.8. The number of fused-ring (bicyclic) bond motifs is 1. The number of aliphatic hydroxyl groups is 1. The Labute approximate surface area is 249 Å². The number of aliphatic hydroxyl groups excluding tert-OH is 1. The Balaban J connectivity index is 1.13. The van der Waals surface area contributed by atoms with Crippen LogP contribution in [0.2, 0.25) is 0 Å². The Morgan fingerprint density at radius 1 is 1.10 bits per heavy atom. The lowest BCUT2D eigenvalue weighted by Gasteiger charge is -2.46. The minimum absolute atomic E-state index is 0.140. The van der Waals surface area contributed by atoms with Crippen LogP contribution >= 0.6 is 0 Å². The van der Waals surface area contributed by atoms with Gasteiger partial charge in [0.05, 0.1) is 6.10 Å². The lowest BCUT2D eigenvalue weighted by Crippen LogP contribution is -2.44. The van der Waals surface area contributed by atoms with E-state index in [0.717, 1.165) is 90.6 Å². The molecule has 3 nitrogen and oxygen atoms in total. The van der Waals surface area contributed by atoms with Crippen molar-refractivity contribution in [3.8, 4) is 11.5 Å². The maximum Gasteiger partial charge on any atom is 0.131 e. The van der Waals surface area contributed by atoms with Gasteiger partial charge in [-0.2, -0.15) is 0 Å². The molecule has 0 amide bonds. The highest BCUT2D eigenvalue weighted by molar-refractivity contribution is 5.88. The molecule has 1 aromatic carbocycles. The van der Waals surface area contributed by atoms with Crippen LogP contribution in [-0.4, -0.2) is 21.9 Å². The second-order valence-corrected chi connectivity index (χ2v) is 14.9. The second-order valence-electron chi connectivity index (χ2n) is 14.9. The van der Waals surface area contributed by atoms with Crippen LogP contribution in [0.4, 0.5) is 0 Å². The molecule has 5 aliphatic rings. The molecule has 1 aromatic rings. The number of hydrogen-bond donors (Lipinski definition) is 2. The van der Waals surface area contributed by atoms with E-state index in [1.807, 2.05) is 6.92 Å². The highest BCUT2D eigenvalue weighted by atomic mass is 16.5. The summed E-state index contributed by atoms with van der Waals surface area (Å²) in [5.74, 6) is 5.72. The van der Waals surface area contributed by atoms with Gasteiger partial charge in [-0.1, -0.05) is 82.6 Å². The topological polar surface area (TPSA) is 49.7 Å². The Morgan fingerprint density at radius 2 is 1.80 bits per heavy atom. The van der Waals surface area contributed by atoms with Crippen molar-refractivity contribution < 1.29 is 14.9 Å². The minimum Gasteiger partial charge on any atom is -0.507 e. The fourth-order valence-electron chi connectivity index (χ4n) is 8.34. The lowest BCUT2D eigenvalue weighted by atomic mass is 9.71. The fraction of sp³-hybridized carbons (Fsp3) is 0.684. The van der Waals surface area contributed by atoms with Gasteiger partial charge in [-0.25, -0.2) is 0 Å². The third kappa shape index (κ3) is 6.22. The first-order valence-corrected chi connectivity index (χ1v) is 17.1. The van der Waals surface area contributed by atoms with E-state index in [2.05, 4.69) is 45.1 Å². The summed E-state index contributed by atoms with van der Waals surface area (Å²) in [5.41, 5.74) is 7.24. The zero-order valence-electron chi connectivity index (χ0n) is 26.2. The van der Waals surface area contributed by atoms with Crippen molar-refractivity contribution in [2.24, 2.45) is 29.6 Å². The van der Waals surface area contributed by atoms with Crippen molar-refractivity contribution in [3.63, 3.8) is 0 Å². The van der Waals surface area contributed by atoms with Gasteiger partial charge >= 0.3 is 0 Å². The molecule has 6 rings (SSSR count). The number of rotatable bonds is 14. The zero-order chi connectivity index (χ0) is 28.7. The van der Waals surface area contributed by atoms with Gasteiger partial charge in [-0.3, -0.25) is 0 Å². The van der Waals surface area contributed by atoms with Gasteiger partial charge in [0.1, 0.15) is 17.1 Å². The van der Waals surface area contributed by atoms with Gasteiger partial charge in [0.2, 0.25) is 0 Å². The van der Waals surface area contributed by atoms with Crippen LogP contribution in [0, 0.1) is 36.5 Å². The van der Waals surface area contributed by atoms with E-state index in [-0.39, 0.29) is 11.7 Å². The molecular formula is C38H54O3. The van der Waals surface area contributed by atoms with E-state index < -0.39 is 0 Å². The van der Waals surface area contributed by atoms with Crippen LogP contribution in [0.3, 0.4) is 0 Å². The summed E-state index contributed by atoms with van der Waals surface area (Å²) in [7, 11) is 0. The Hall–Kier alpha value is -2.00. The quantitative estimate of drug-likeness (QED) is 0.224. The highest BCUT2D eigenvalue weighted by Gasteiger charge is 2.46. The Kier molecular flexibility index (Phi) is 8.47. The number of phenolic OH excluding ortho intramolecular Hbond substituents is 1. The van der Waals surface area contributed by atoms with Gasteiger partial charge in [0.15, 0.2) is 0 Å². The second kappa shape index (κ2) is 11.9. The monoisotopic (exact) mass is 558 g/mol. The maximum absolute atomic E-state index is 11.3. The van der Waals surface area contributed by atoms with Crippen LogP contribution in [0.1, 0.15) is 126 Å². The van der Waals surface area contributed by atoms with E-state index in [9.17, 15) is 10.2 Å². The average Bonchev–Trinajstić information content (AvgIpc) is 3.59. The van der Waals surface area contributed by atoms with Crippen LogP contribution in [0.25, 0.3) is 5.57 Å². The molecule has 2 N–H and O–H groups in total. The number of allylic oxidation sites excluding steroid dienone is 4. The number of ether oxygens (including phenoxy) is 1. The maximum atomic E-state index is 11.3. The van der Waals surface area contributed by atoms with E-state index in [0.29, 0.717) is 5.75 Å². The first kappa shape index (κ1) is 29.1. The van der Waals surface area contributed by atoms with Crippen LogP contribution in [0.15, 0.2) is 29.9 Å². The third-order valence-corrected chi connectivity index (χ3v) is 11.4. The first-order valence-electron chi connectivity index (χ1n) is 17.1. The van der Waals surface area contributed by atoms with Crippen LogP contribution in [-0.2, 0) is 12.8 Å². The van der Waals surface area contributed by atoms with Gasteiger partial charge in [0, 0.05) is 23.1 Å². The minimum atomic E-state index is -0.159. The molecule has 0 bridgehead atoms. The van der Waals surface area contributed by atoms with Gasteiger partial charge in [0.25, 0.3) is 0 Å². The fourth-order valence-corrected chi connectivity index (χ4v) is 8.34. The van der Waals surface area contributed by atoms with E-state index in [1.165, 1.54) is 68.9 Å². The van der Waals surface area contributed by atoms with Gasteiger partial charge in [-0.05, 0) is 106 Å². The molecular weight excluding hydrogens is 504 g/mol. The largest absolute Gasteiger partial charge is 0.507 e. The molecule has 6 atom stereocenters. The van der Waals surface area contributed by atoms with Crippen molar-refractivity contribution in [1.29, 1.82) is 0 Å². The Morgan fingerprint density at radius 3 is 2.39 bits per heavy atom. The number of hydrogen-bond acceptors (Lipinski definition) is 3. The molecule has 3 heteroatoms. The van der Waals surface area contributed by atoms with E-state index in [1.54, 1.807) is 5.57 Å². The summed E-state index contributed by atoms with van der Waals surface area (Å²) >= 11 is 0. The van der Waals surface area contributed by atoms with E-state index in [4.69, 9.17) is 4.74 Å². The van der Waals surface area contributed by atoms with Crippen molar-refractivity contribution in [2.75, 3.05) is 0 Å². The summed E-state index contributed by atoms with van der Waals surface area (Å²) in [5, 5.41) is 20.9. The molecule has 2 saturated carbocycles. The predicted octanol–water partition coefficient (Wildman–Crippen LogP) is 9.41. The first-order chi connectivity index (χ1) is 19.7. The number of benzene rings is 1. The Bertz CT molecular complexity index is 1210. The highest BCUT2D eigenvalue weighted by Crippen LogP contribution is 2.54. The molecule has 0 saturated heterocycles. The summed E-state index contributed by atoms with van der Waals surface area (Å²) in [4.78, 5) is 0. The normalized spacial score (nSPS) is 28.4. The molecule has 41 heavy (non-hydrogen) atoms. The van der Waals surface area contributed by atoms with Gasteiger partial charge < -0.3 is 14.9 Å². The zero-order valence-corrected chi connectivity index (χ0v) is 26.2. The average molecular weight is 559 g/mol. The summed E-state index contributed by atoms with van der Waals surface area (Å²) < 4.78 is 7.07. The van der Waals surface area contributed by atoms with E-state index >= 15 is 0 Å². The smallest absolute Gasteiger partial charge is 0.131 e. The van der Waals surface area contributed by atoms with Crippen LogP contribution in [0.5, 0.6) is 11.5 Å².